The Hall–Kier alpha value is -0.770. The summed E-state index contributed by atoms with van der Waals surface area (Å²) in [5.41, 5.74) is 1.09. The number of methoxy groups -OCH3 is 1. The van der Waals surface area contributed by atoms with E-state index in [1.54, 1.807) is 14.2 Å². The molecule has 0 aromatic heterocycles. The van der Waals surface area contributed by atoms with Crippen LogP contribution in [0.25, 0.3) is 0 Å². The monoisotopic (exact) mass is 508 g/mol. The van der Waals surface area contributed by atoms with Gasteiger partial charge < -0.3 is 20.1 Å². The highest BCUT2D eigenvalue weighted by atomic mass is 127. The van der Waals surface area contributed by atoms with Crippen LogP contribution in [0.15, 0.2) is 23.2 Å². The van der Waals surface area contributed by atoms with Gasteiger partial charge in [-0.25, -0.2) is 0 Å². The summed E-state index contributed by atoms with van der Waals surface area (Å²) in [7, 11) is 3.43. The fraction of sp³-hybridized carbons (Fsp3) is 0.632. The van der Waals surface area contributed by atoms with Crippen molar-refractivity contribution in [2.24, 2.45) is 4.99 Å². The maximum atomic E-state index is 6.29. The molecule has 27 heavy (non-hydrogen) atoms. The molecule has 3 rings (SSSR count). The average Bonchev–Trinajstić information content (AvgIpc) is 3.13. The van der Waals surface area contributed by atoms with Gasteiger partial charge in [0.15, 0.2) is 5.96 Å². The summed E-state index contributed by atoms with van der Waals surface area (Å²) in [5.74, 6) is 1.57. The van der Waals surface area contributed by atoms with Crippen LogP contribution in [-0.2, 0) is 11.2 Å². The summed E-state index contributed by atoms with van der Waals surface area (Å²) in [6, 6.07) is 6.41. The molecule has 2 unspecified atom stereocenters. The average molecular weight is 509 g/mol. The molecule has 0 amide bonds. The maximum Gasteiger partial charge on any atom is 0.191 e. The first kappa shape index (κ1) is 22.5. The number of fused-ring (bicyclic) bond motifs is 1. The molecule has 1 aromatic rings. The van der Waals surface area contributed by atoms with Gasteiger partial charge in [0.25, 0.3) is 0 Å². The fourth-order valence-electron chi connectivity index (χ4n) is 3.61. The minimum absolute atomic E-state index is 0. The molecule has 2 fully saturated rings. The largest absolute Gasteiger partial charge is 0.497 e. The molecule has 8 heteroatoms. The summed E-state index contributed by atoms with van der Waals surface area (Å²) in [6.45, 7) is 4.60. The summed E-state index contributed by atoms with van der Waals surface area (Å²) in [4.78, 5) is 6.85. The lowest BCUT2D eigenvalue weighted by Crippen LogP contribution is -2.51. The summed E-state index contributed by atoms with van der Waals surface area (Å²) < 4.78 is 11.2. The summed E-state index contributed by atoms with van der Waals surface area (Å²) in [5, 5.41) is 7.44. The van der Waals surface area contributed by atoms with Crippen LogP contribution in [-0.4, -0.2) is 69.9 Å². The number of morpholine rings is 1. The predicted molar refractivity (Wildman–Crippen MR) is 121 cm³/mol. The van der Waals surface area contributed by atoms with E-state index in [2.05, 4.69) is 20.5 Å². The van der Waals surface area contributed by atoms with Gasteiger partial charge in [0.1, 0.15) is 5.75 Å². The highest BCUT2D eigenvalue weighted by molar-refractivity contribution is 14.0. The second-order valence-electron chi connectivity index (χ2n) is 6.83. The number of benzene rings is 1. The van der Waals surface area contributed by atoms with Crippen molar-refractivity contribution in [3.63, 3.8) is 0 Å². The van der Waals surface area contributed by atoms with E-state index in [9.17, 15) is 0 Å². The van der Waals surface area contributed by atoms with Gasteiger partial charge in [0.05, 0.1) is 19.8 Å². The second kappa shape index (κ2) is 11.3. The SMILES string of the molecule is CN=C(NCCc1ccc(OC)cc1Cl)NCC1CN2CCCC2CO1.I. The quantitative estimate of drug-likeness (QED) is 0.351. The van der Waals surface area contributed by atoms with Crippen molar-refractivity contribution in [3.05, 3.63) is 28.8 Å². The van der Waals surface area contributed by atoms with Crippen LogP contribution in [0, 0.1) is 0 Å². The lowest BCUT2D eigenvalue weighted by atomic mass is 10.1. The number of rotatable bonds is 6. The first-order valence-electron chi connectivity index (χ1n) is 9.32. The third kappa shape index (κ3) is 6.37. The summed E-state index contributed by atoms with van der Waals surface area (Å²) >= 11 is 6.29. The van der Waals surface area contributed by atoms with Crippen LogP contribution >= 0.6 is 35.6 Å². The number of nitrogens with one attached hydrogen (secondary N) is 2. The Balaban J connectivity index is 0.00000261. The molecule has 0 bridgehead atoms. The van der Waals surface area contributed by atoms with Crippen LogP contribution in [0.2, 0.25) is 5.02 Å². The Kier molecular flexibility index (Phi) is 9.41. The number of hydrogen-bond acceptors (Lipinski definition) is 4. The smallest absolute Gasteiger partial charge is 0.191 e. The van der Waals surface area contributed by atoms with Crippen LogP contribution in [0.4, 0.5) is 0 Å². The molecular formula is C19H30ClIN4O2. The van der Waals surface area contributed by atoms with Crippen molar-refractivity contribution in [1.82, 2.24) is 15.5 Å². The van der Waals surface area contributed by atoms with E-state index in [4.69, 9.17) is 21.1 Å². The summed E-state index contributed by atoms with van der Waals surface area (Å²) in [6.07, 6.45) is 3.61. The van der Waals surface area contributed by atoms with Gasteiger partial charge in [-0.2, -0.15) is 0 Å². The molecule has 0 aliphatic carbocycles. The van der Waals surface area contributed by atoms with Crippen molar-refractivity contribution in [3.8, 4) is 5.75 Å². The Labute approximate surface area is 184 Å². The van der Waals surface area contributed by atoms with Crippen molar-refractivity contribution >= 4 is 41.5 Å². The van der Waals surface area contributed by atoms with E-state index in [1.165, 1.54) is 19.4 Å². The van der Waals surface area contributed by atoms with Gasteiger partial charge in [0.2, 0.25) is 0 Å². The van der Waals surface area contributed by atoms with E-state index in [-0.39, 0.29) is 30.1 Å². The van der Waals surface area contributed by atoms with Gasteiger partial charge in [-0.3, -0.25) is 9.89 Å². The molecular weight excluding hydrogens is 479 g/mol. The van der Waals surface area contributed by atoms with Crippen LogP contribution in [0.3, 0.4) is 0 Å². The van der Waals surface area contributed by atoms with E-state index in [0.29, 0.717) is 6.04 Å². The van der Waals surface area contributed by atoms with E-state index in [1.807, 2.05) is 18.2 Å². The lowest BCUT2D eigenvalue weighted by Gasteiger charge is -2.35. The molecule has 0 radical (unpaired) electrons. The molecule has 2 aliphatic rings. The minimum atomic E-state index is 0. The molecule has 152 valence electrons. The van der Waals surface area contributed by atoms with Crippen LogP contribution < -0.4 is 15.4 Å². The molecule has 6 nitrogen and oxygen atoms in total. The Morgan fingerprint density at radius 3 is 3.00 bits per heavy atom. The van der Waals surface area contributed by atoms with Gasteiger partial charge in [0, 0.05) is 37.7 Å². The number of hydrogen-bond donors (Lipinski definition) is 2. The zero-order valence-electron chi connectivity index (χ0n) is 16.0. The molecule has 2 atom stereocenters. The molecule has 2 aliphatic heterocycles. The Morgan fingerprint density at radius 1 is 1.41 bits per heavy atom. The van der Waals surface area contributed by atoms with E-state index in [0.717, 1.165) is 55.0 Å². The zero-order chi connectivity index (χ0) is 18.4. The third-order valence-corrected chi connectivity index (χ3v) is 5.48. The lowest BCUT2D eigenvalue weighted by molar-refractivity contribution is -0.0453. The Morgan fingerprint density at radius 2 is 2.26 bits per heavy atom. The standard InChI is InChI=1S/C19H29ClN4O2.HI/c1-21-19(22-8-7-14-5-6-16(25-2)10-18(14)20)23-11-17-12-24-9-3-4-15(24)13-26-17;/h5-6,10,15,17H,3-4,7-9,11-13H2,1-2H3,(H2,21,22,23);1H. The van der Waals surface area contributed by atoms with Gasteiger partial charge in [-0.05, 0) is 43.5 Å². The predicted octanol–water partition coefficient (Wildman–Crippen LogP) is 2.54. The molecule has 2 heterocycles. The number of ether oxygens (including phenoxy) is 2. The second-order valence-corrected chi connectivity index (χ2v) is 7.24. The third-order valence-electron chi connectivity index (χ3n) is 5.13. The highest BCUT2D eigenvalue weighted by Gasteiger charge is 2.32. The number of aliphatic imine (C=N–C) groups is 1. The van der Waals surface area contributed by atoms with Crippen molar-refractivity contribution in [1.29, 1.82) is 0 Å². The maximum absolute atomic E-state index is 6.29. The normalized spacial score (nSPS) is 22.7. The van der Waals surface area contributed by atoms with Crippen molar-refractivity contribution in [2.75, 3.05) is 46.9 Å². The molecule has 2 saturated heterocycles. The first-order valence-corrected chi connectivity index (χ1v) is 9.70. The molecule has 0 saturated carbocycles. The minimum Gasteiger partial charge on any atom is -0.497 e. The first-order chi connectivity index (χ1) is 12.7. The number of nitrogens with zero attached hydrogens (tertiary/aromatic N) is 2. The number of halogens is 2. The van der Waals surface area contributed by atoms with Gasteiger partial charge in [-0.15, -0.1) is 24.0 Å². The van der Waals surface area contributed by atoms with Gasteiger partial charge in [-0.1, -0.05) is 17.7 Å². The van der Waals surface area contributed by atoms with Crippen molar-refractivity contribution in [2.45, 2.75) is 31.4 Å². The molecule has 2 N–H and O–H groups in total. The topological polar surface area (TPSA) is 58.1 Å². The molecule has 1 aromatic carbocycles. The van der Waals surface area contributed by atoms with Crippen LogP contribution in [0.5, 0.6) is 5.75 Å². The van der Waals surface area contributed by atoms with Gasteiger partial charge >= 0.3 is 0 Å². The van der Waals surface area contributed by atoms with Crippen LogP contribution in [0.1, 0.15) is 18.4 Å². The van der Waals surface area contributed by atoms with E-state index >= 15 is 0 Å². The van der Waals surface area contributed by atoms with E-state index < -0.39 is 0 Å². The van der Waals surface area contributed by atoms with Crippen molar-refractivity contribution < 1.29 is 9.47 Å². The number of guanidine groups is 1. The fourth-order valence-corrected chi connectivity index (χ4v) is 3.88. The molecule has 0 spiro atoms. The Bertz CT molecular complexity index is 632. The highest BCUT2D eigenvalue weighted by Crippen LogP contribution is 2.23. The zero-order valence-corrected chi connectivity index (χ0v) is 19.1.